The molecule has 0 spiro atoms. The largest absolute Gasteiger partial charge is 0.493 e. The maximum atomic E-state index is 5.63. The van der Waals surface area contributed by atoms with E-state index in [1.165, 1.54) is 4.88 Å². The molecule has 0 amide bonds. The van der Waals surface area contributed by atoms with Crippen LogP contribution in [0, 0.1) is 5.92 Å². The van der Waals surface area contributed by atoms with Gasteiger partial charge in [0.1, 0.15) is 0 Å². The number of hydrogen-bond acceptors (Lipinski definition) is 4. The van der Waals surface area contributed by atoms with Crippen LogP contribution in [0.5, 0.6) is 11.5 Å². The lowest BCUT2D eigenvalue weighted by atomic mass is 10.1. The molecule has 1 aromatic heterocycles. The fraction of sp³-hybridized carbons (Fsp3) is 0.450. The summed E-state index contributed by atoms with van der Waals surface area (Å²) in [5.74, 6) is 2.86. The van der Waals surface area contributed by atoms with Crippen molar-refractivity contribution < 1.29 is 9.47 Å². The number of guanidine groups is 1. The summed E-state index contributed by atoms with van der Waals surface area (Å²) in [5, 5.41) is 8.88. The van der Waals surface area contributed by atoms with Crippen molar-refractivity contribution in [1.82, 2.24) is 10.6 Å². The summed E-state index contributed by atoms with van der Waals surface area (Å²) >= 11 is 1.81. The first kappa shape index (κ1) is 23.6. The Hall–Kier alpha value is -1.48. The summed E-state index contributed by atoms with van der Waals surface area (Å²) < 4.78 is 11.0. The maximum Gasteiger partial charge on any atom is 0.191 e. The Morgan fingerprint density at radius 2 is 2.04 bits per heavy atom. The third-order valence-corrected chi connectivity index (χ3v) is 4.86. The molecule has 1 aromatic carbocycles. The van der Waals surface area contributed by atoms with E-state index in [0.29, 0.717) is 19.1 Å². The second-order valence-corrected chi connectivity index (χ2v) is 7.15. The summed E-state index contributed by atoms with van der Waals surface area (Å²) in [7, 11) is 3.44. The Morgan fingerprint density at radius 1 is 1.22 bits per heavy atom. The van der Waals surface area contributed by atoms with Crippen LogP contribution in [0.4, 0.5) is 0 Å². The van der Waals surface area contributed by atoms with Crippen molar-refractivity contribution in [2.24, 2.45) is 10.9 Å². The van der Waals surface area contributed by atoms with Crippen molar-refractivity contribution >= 4 is 41.3 Å². The molecule has 2 rings (SSSR count). The normalized spacial score (nSPS) is 12.1. The summed E-state index contributed by atoms with van der Waals surface area (Å²) in [4.78, 5) is 5.73. The third kappa shape index (κ3) is 7.96. The number of hydrogen-bond donors (Lipinski definition) is 2. The molecule has 0 aliphatic heterocycles. The molecule has 150 valence electrons. The van der Waals surface area contributed by atoms with Crippen molar-refractivity contribution in [3.05, 3.63) is 46.2 Å². The highest BCUT2D eigenvalue weighted by atomic mass is 127. The monoisotopic (exact) mass is 503 g/mol. The number of methoxy groups -OCH3 is 1. The van der Waals surface area contributed by atoms with Gasteiger partial charge < -0.3 is 20.1 Å². The van der Waals surface area contributed by atoms with Crippen LogP contribution in [0.15, 0.2) is 40.7 Å². The highest BCUT2D eigenvalue weighted by Gasteiger charge is 2.08. The van der Waals surface area contributed by atoms with Gasteiger partial charge in [-0.1, -0.05) is 19.1 Å². The predicted octanol–water partition coefficient (Wildman–Crippen LogP) is 4.32. The molecule has 0 radical (unpaired) electrons. The van der Waals surface area contributed by atoms with E-state index >= 15 is 0 Å². The van der Waals surface area contributed by atoms with Gasteiger partial charge in [0.2, 0.25) is 0 Å². The van der Waals surface area contributed by atoms with Crippen LogP contribution in [-0.2, 0) is 13.0 Å². The minimum atomic E-state index is 0. The Bertz CT molecular complexity index is 693. The zero-order chi connectivity index (χ0) is 18.8. The molecular weight excluding hydrogens is 473 g/mol. The standard InChI is InChI=1S/C20H29N3O2S.HI/c1-5-25-19-12-16(8-9-18(19)24-4)14-23-20(21-3)22-13-15(2)11-17-7-6-10-26-17;/h6-10,12,15H,5,11,13-14H2,1-4H3,(H2,21,22,23);1H. The van der Waals surface area contributed by atoms with Gasteiger partial charge in [-0.15, -0.1) is 35.3 Å². The van der Waals surface area contributed by atoms with Crippen LogP contribution in [0.1, 0.15) is 24.3 Å². The topological polar surface area (TPSA) is 54.9 Å². The highest BCUT2D eigenvalue weighted by Crippen LogP contribution is 2.27. The molecule has 2 N–H and O–H groups in total. The number of nitrogens with zero attached hydrogens (tertiary/aromatic N) is 1. The lowest BCUT2D eigenvalue weighted by molar-refractivity contribution is 0.310. The molecule has 2 aromatic rings. The van der Waals surface area contributed by atoms with Crippen molar-refractivity contribution in [2.75, 3.05) is 27.3 Å². The molecule has 1 heterocycles. The number of benzene rings is 1. The second-order valence-electron chi connectivity index (χ2n) is 6.11. The van der Waals surface area contributed by atoms with Gasteiger partial charge in [0, 0.05) is 25.0 Å². The van der Waals surface area contributed by atoms with E-state index in [4.69, 9.17) is 9.47 Å². The summed E-state index contributed by atoms with van der Waals surface area (Å²) in [6.07, 6.45) is 1.08. The molecule has 0 saturated carbocycles. The van der Waals surface area contributed by atoms with Gasteiger partial charge in [-0.3, -0.25) is 4.99 Å². The summed E-state index contributed by atoms with van der Waals surface area (Å²) in [6.45, 7) is 6.37. The molecule has 0 aliphatic rings. The number of nitrogens with one attached hydrogen (secondary N) is 2. The third-order valence-electron chi connectivity index (χ3n) is 3.96. The van der Waals surface area contributed by atoms with Crippen LogP contribution < -0.4 is 20.1 Å². The molecule has 0 aliphatic carbocycles. The fourth-order valence-electron chi connectivity index (χ4n) is 2.62. The van der Waals surface area contributed by atoms with E-state index < -0.39 is 0 Å². The van der Waals surface area contributed by atoms with Gasteiger partial charge in [-0.2, -0.15) is 0 Å². The lowest BCUT2D eigenvalue weighted by Crippen LogP contribution is -2.39. The van der Waals surface area contributed by atoms with Gasteiger partial charge in [-0.25, -0.2) is 0 Å². The van der Waals surface area contributed by atoms with Crippen LogP contribution in [-0.4, -0.2) is 33.3 Å². The number of aliphatic imine (C=N–C) groups is 1. The minimum absolute atomic E-state index is 0. The van der Waals surface area contributed by atoms with E-state index in [-0.39, 0.29) is 24.0 Å². The van der Waals surface area contributed by atoms with Crippen molar-refractivity contribution in [3.63, 3.8) is 0 Å². The smallest absolute Gasteiger partial charge is 0.191 e. The van der Waals surface area contributed by atoms with Crippen molar-refractivity contribution in [3.8, 4) is 11.5 Å². The Kier molecular flexibility index (Phi) is 11.2. The van der Waals surface area contributed by atoms with E-state index in [9.17, 15) is 0 Å². The Labute approximate surface area is 183 Å². The van der Waals surface area contributed by atoms with Crippen LogP contribution in [0.25, 0.3) is 0 Å². The Balaban J connectivity index is 0.00000364. The molecule has 0 saturated heterocycles. The van der Waals surface area contributed by atoms with Crippen LogP contribution in [0.2, 0.25) is 0 Å². The van der Waals surface area contributed by atoms with E-state index in [1.54, 1.807) is 14.2 Å². The van der Waals surface area contributed by atoms with Gasteiger partial charge >= 0.3 is 0 Å². The van der Waals surface area contributed by atoms with E-state index in [0.717, 1.165) is 36.0 Å². The van der Waals surface area contributed by atoms with Crippen LogP contribution >= 0.6 is 35.3 Å². The molecule has 1 unspecified atom stereocenters. The molecule has 5 nitrogen and oxygen atoms in total. The zero-order valence-electron chi connectivity index (χ0n) is 16.5. The molecule has 27 heavy (non-hydrogen) atoms. The van der Waals surface area contributed by atoms with E-state index in [2.05, 4.69) is 40.1 Å². The number of ether oxygens (including phenoxy) is 2. The number of halogens is 1. The molecule has 1 atom stereocenters. The first-order valence-electron chi connectivity index (χ1n) is 8.92. The van der Waals surface area contributed by atoms with Crippen molar-refractivity contribution in [2.45, 2.75) is 26.8 Å². The summed E-state index contributed by atoms with van der Waals surface area (Å²) in [5.41, 5.74) is 1.11. The van der Waals surface area contributed by atoms with E-state index in [1.807, 2.05) is 36.5 Å². The lowest BCUT2D eigenvalue weighted by Gasteiger charge is -2.16. The van der Waals surface area contributed by atoms with Gasteiger partial charge in [0.15, 0.2) is 17.5 Å². The molecular formula is C20H30IN3O2S. The Morgan fingerprint density at radius 3 is 2.67 bits per heavy atom. The molecule has 0 bridgehead atoms. The molecule has 0 fully saturated rings. The number of rotatable bonds is 9. The minimum Gasteiger partial charge on any atom is -0.493 e. The van der Waals surface area contributed by atoms with Gasteiger partial charge in [-0.05, 0) is 48.4 Å². The highest BCUT2D eigenvalue weighted by molar-refractivity contribution is 14.0. The first-order chi connectivity index (χ1) is 12.7. The molecule has 7 heteroatoms. The average Bonchev–Trinajstić information content (AvgIpc) is 3.15. The average molecular weight is 503 g/mol. The fourth-order valence-corrected chi connectivity index (χ4v) is 3.49. The number of thiophene rings is 1. The SMILES string of the molecule is CCOc1cc(CNC(=NC)NCC(C)Cc2cccs2)ccc1OC.I. The van der Waals surface area contributed by atoms with Crippen molar-refractivity contribution in [1.29, 1.82) is 0 Å². The maximum absolute atomic E-state index is 5.63. The van der Waals surface area contributed by atoms with Gasteiger partial charge in [0.25, 0.3) is 0 Å². The second kappa shape index (κ2) is 12.8. The zero-order valence-corrected chi connectivity index (χ0v) is 19.6. The van der Waals surface area contributed by atoms with Gasteiger partial charge in [0.05, 0.1) is 13.7 Å². The summed E-state index contributed by atoms with van der Waals surface area (Å²) in [6, 6.07) is 10.3. The predicted molar refractivity (Wildman–Crippen MR) is 125 cm³/mol. The van der Waals surface area contributed by atoms with Crippen LogP contribution in [0.3, 0.4) is 0 Å². The quantitative estimate of drug-likeness (QED) is 0.304. The first-order valence-corrected chi connectivity index (χ1v) is 9.80.